The fraction of sp³-hybridized carbons (Fsp3) is 0.875. The van der Waals surface area contributed by atoms with Gasteiger partial charge in [0.05, 0.1) is 32.0 Å². The summed E-state index contributed by atoms with van der Waals surface area (Å²) < 4.78 is 16.7. The number of unbranched alkanes of at least 4 members (excludes halogenated alkanes) is 50. The van der Waals surface area contributed by atoms with Gasteiger partial charge < -0.3 is 45.1 Å². The van der Waals surface area contributed by atoms with Gasteiger partial charge >= 0.3 is 5.97 Å². The number of rotatable bonds is 70. The Balaban J connectivity index is 1.85. The summed E-state index contributed by atoms with van der Waals surface area (Å²) in [5.74, 6) is -0.169. The minimum atomic E-state index is -1.57. The lowest BCUT2D eigenvalue weighted by molar-refractivity contribution is -0.302. The first-order chi connectivity index (χ1) is 44.7. The Morgan fingerprint density at radius 1 is 0.407 bits per heavy atom. The zero-order valence-corrected chi connectivity index (χ0v) is 59.6. The minimum Gasteiger partial charge on any atom is -0.466 e. The topological polar surface area (TPSA) is 175 Å². The Morgan fingerprint density at radius 2 is 0.736 bits per heavy atom. The number of carbonyl (C=O) groups excluding carboxylic acids is 2. The monoisotopic (exact) mass is 1280 g/mol. The van der Waals surface area contributed by atoms with Gasteiger partial charge in [0, 0.05) is 12.8 Å². The molecule has 1 aliphatic heterocycles. The number of hydrogen-bond donors (Lipinski definition) is 6. The van der Waals surface area contributed by atoms with Gasteiger partial charge in [-0.15, -0.1) is 0 Å². The Morgan fingerprint density at radius 3 is 1.14 bits per heavy atom. The van der Waals surface area contributed by atoms with Crippen molar-refractivity contribution < 1.29 is 49.3 Å². The van der Waals surface area contributed by atoms with Crippen molar-refractivity contribution in [3.8, 4) is 0 Å². The Hall–Kier alpha value is -2.38. The van der Waals surface area contributed by atoms with Crippen LogP contribution < -0.4 is 5.32 Å². The minimum absolute atomic E-state index is 0.0100. The van der Waals surface area contributed by atoms with Crippen LogP contribution in [0, 0.1) is 0 Å². The van der Waals surface area contributed by atoms with E-state index < -0.39 is 49.5 Å². The smallest absolute Gasteiger partial charge is 0.305 e. The van der Waals surface area contributed by atoms with E-state index in [2.05, 4.69) is 55.6 Å². The van der Waals surface area contributed by atoms with Crippen LogP contribution in [0.5, 0.6) is 0 Å². The second-order valence-corrected chi connectivity index (χ2v) is 27.4. The molecule has 1 aliphatic rings. The standard InChI is InChI=1S/C80H149NO10/c1-3-5-7-9-11-13-14-15-16-17-35-39-42-45-48-52-56-60-64-68-76(85)89-69-65-61-57-53-49-46-43-40-37-34-32-30-28-26-24-22-20-18-19-21-23-25-27-29-31-33-36-38-41-44-47-51-55-59-63-67-75(84)81-72(73(83)66-62-58-54-50-12-10-8-6-4-2)71-90-80-79(88)78(87)77(86)74(70-82)91-80/h11,13,15-16,20,22,62,66,72-74,77-80,82-83,86-88H,3-10,12,14,17-19,21,23-61,63-65,67-71H2,1-2H3,(H,81,84)/b13-11-,16-15-,22-20-,66-62+. The van der Waals surface area contributed by atoms with E-state index in [0.29, 0.717) is 19.4 Å². The van der Waals surface area contributed by atoms with Crippen LogP contribution >= 0.6 is 0 Å². The van der Waals surface area contributed by atoms with Crippen molar-refractivity contribution in [2.75, 3.05) is 19.8 Å². The van der Waals surface area contributed by atoms with E-state index in [4.69, 9.17) is 14.2 Å². The maximum absolute atomic E-state index is 13.0. The van der Waals surface area contributed by atoms with E-state index in [9.17, 15) is 35.1 Å². The number of carbonyl (C=O) groups is 2. The molecule has 1 fully saturated rings. The molecule has 0 aromatic rings. The van der Waals surface area contributed by atoms with Crippen LogP contribution in [0.15, 0.2) is 48.6 Å². The quantitative estimate of drug-likeness (QED) is 0.0195. The largest absolute Gasteiger partial charge is 0.466 e. The SMILES string of the molecule is CCCCC/C=C\C/C=C\CCCCCCCCCCCC(=O)OCCCCCCCCCCCCCCCC/C=C\CCCCCCCCCCCCCCCCCCCC(=O)NC(COC1OC(CO)C(O)C(O)C1O)C(O)/C=C/CCCCCCCCC. The van der Waals surface area contributed by atoms with Crippen LogP contribution in [0.4, 0.5) is 0 Å². The van der Waals surface area contributed by atoms with Crippen LogP contribution in [0.1, 0.15) is 386 Å². The van der Waals surface area contributed by atoms with Crippen molar-refractivity contribution in [3.05, 3.63) is 48.6 Å². The lowest BCUT2D eigenvalue weighted by Gasteiger charge is -2.40. The summed E-state index contributed by atoms with van der Waals surface area (Å²) in [7, 11) is 0. The van der Waals surface area contributed by atoms with E-state index in [-0.39, 0.29) is 18.5 Å². The summed E-state index contributed by atoms with van der Waals surface area (Å²) in [6.45, 7) is 4.33. The molecule has 0 saturated carbocycles. The Kier molecular flexibility index (Phi) is 65.7. The maximum Gasteiger partial charge on any atom is 0.305 e. The molecular weight excluding hydrogens is 1130 g/mol. The normalized spacial score (nSPS) is 17.8. The molecule has 6 N–H and O–H groups in total. The van der Waals surface area contributed by atoms with Gasteiger partial charge in [0.2, 0.25) is 5.91 Å². The summed E-state index contributed by atoms with van der Waals surface area (Å²) in [6.07, 6.45) is 81.6. The Labute approximate surface area is 561 Å². The molecule has 1 saturated heterocycles. The van der Waals surface area contributed by atoms with Gasteiger partial charge in [0.1, 0.15) is 24.4 Å². The number of nitrogens with one attached hydrogen (secondary N) is 1. The van der Waals surface area contributed by atoms with E-state index in [1.165, 1.54) is 295 Å². The van der Waals surface area contributed by atoms with Gasteiger partial charge in [-0.25, -0.2) is 0 Å². The molecule has 1 amide bonds. The number of allylic oxidation sites excluding steroid dienone is 7. The maximum atomic E-state index is 13.0. The zero-order chi connectivity index (χ0) is 65.8. The highest BCUT2D eigenvalue weighted by atomic mass is 16.7. The average Bonchev–Trinajstić information content (AvgIpc) is 1.27. The molecule has 0 bridgehead atoms. The van der Waals surface area contributed by atoms with Crippen molar-refractivity contribution in [2.45, 2.75) is 429 Å². The summed E-state index contributed by atoms with van der Waals surface area (Å²) >= 11 is 0. The van der Waals surface area contributed by atoms with Crippen LogP contribution in [0.25, 0.3) is 0 Å². The van der Waals surface area contributed by atoms with Gasteiger partial charge in [-0.2, -0.15) is 0 Å². The van der Waals surface area contributed by atoms with Gasteiger partial charge in [-0.3, -0.25) is 9.59 Å². The number of ether oxygens (including phenoxy) is 3. The fourth-order valence-corrected chi connectivity index (χ4v) is 12.5. The lowest BCUT2D eigenvalue weighted by Crippen LogP contribution is -2.60. The molecule has 534 valence electrons. The first-order valence-corrected chi connectivity index (χ1v) is 39.4. The van der Waals surface area contributed by atoms with Crippen molar-refractivity contribution >= 4 is 11.9 Å². The summed E-state index contributed by atoms with van der Waals surface area (Å²) in [5, 5.41) is 54.3. The molecule has 0 radical (unpaired) electrons. The molecule has 11 heteroatoms. The average molecular weight is 1290 g/mol. The highest BCUT2D eigenvalue weighted by molar-refractivity contribution is 5.76. The van der Waals surface area contributed by atoms with Crippen LogP contribution in [-0.2, 0) is 23.8 Å². The molecule has 7 atom stereocenters. The third kappa shape index (κ3) is 57.6. The Bertz CT molecular complexity index is 1650. The molecule has 1 rings (SSSR count). The predicted molar refractivity (Wildman–Crippen MR) is 384 cm³/mol. The fourth-order valence-electron chi connectivity index (χ4n) is 12.5. The highest BCUT2D eigenvalue weighted by Gasteiger charge is 2.44. The lowest BCUT2D eigenvalue weighted by atomic mass is 9.99. The third-order valence-electron chi connectivity index (χ3n) is 18.7. The van der Waals surface area contributed by atoms with E-state index >= 15 is 0 Å². The van der Waals surface area contributed by atoms with Crippen LogP contribution in [-0.4, -0.2) is 100 Å². The number of aliphatic hydroxyl groups excluding tert-OH is 5. The van der Waals surface area contributed by atoms with Gasteiger partial charge in [0.25, 0.3) is 0 Å². The molecule has 0 spiro atoms. The number of esters is 1. The van der Waals surface area contributed by atoms with E-state index in [0.717, 1.165) is 64.2 Å². The summed E-state index contributed by atoms with van der Waals surface area (Å²) in [5.41, 5.74) is 0. The molecular formula is C80H149NO10. The first-order valence-electron chi connectivity index (χ1n) is 39.4. The molecule has 0 aromatic carbocycles. The molecule has 1 heterocycles. The first kappa shape index (κ1) is 86.6. The highest BCUT2D eigenvalue weighted by Crippen LogP contribution is 2.24. The van der Waals surface area contributed by atoms with Crippen molar-refractivity contribution in [2.24, 2.45) is 0 Å². The van der Waals surface area contributed by atoms with E-state index in [1.54, 1.807) is 6.08 Å². The number of aliphatic hydroxyl groups is 5. The number of hydrogen-bond acceptors (Lipinski definition) is 10. The zero-order valence-electron chi connectivity index (χ0n) is 59.6. The number of amides is 1. The van der Waals surface area contributed by atoms with Crippen molar-refractivity contribution in [1.29, 1.82) is 0 Å². The summed E-state index contributed by atoms with van der Waals surface area (Å²) in [4.78, 5) is 25.2. The molecule has 0 aliphatic carbocycles. The van der Waals surface area contributed by atoms with Crippen molar-refractivity contribution in [3.63, 3.8) is 0 Å². The molecule has 11 nitrogen and oxygen atoms in total. The molecule has 7 unspecified atom stereocenters. The van der Waals surface area contributed by atoms with Gasteiger partial charge in [-0.1, -0.05) is 332 Å². The molecule has 91 heavy (non-hydrogen) atoms. The van der Waals surface area contributed by atoms with E-state index in [1.807, 2.05) is 6.08 Å². The van der Waals surface area contributed by atoms with Crippen LogP contribution in [0.2, 0.25) is 0 Å². The second kappa shape index (κ2) is 69.0. The molecule has 0 aromatic heterocycles. The third-order valence-corrected chi connectivity index (χ3v) is 18.7. The second-order valence-electron chi connectivity index (χ2n) is 27.4. The van der Waals surface area contributed by atoms with Crippen LogP contribution in [0.3, 0.4) is 0 Å². The van der Waals surface area contributed by atoms with Gasteiger partial charge in [0.15, 0.2) is 6.29 Å². The van der Waals surface area contributed by atoms with Gasteiger partial charge in [-0.05, 0) is 89.9 Å². The summed E-state index contributed by atoms with van der Waals surface area (Å²) in [6, 6.07) is -0.806. The van der Waals surface area contributed by atoms with Crippen molar-refractivity contribution in [1.82, 2.24) is 5.32 Å². The predicted octanol–water partition coefficient (Wildman–Crippen LogP) is 21.1.